The summed E-state index contributed by atoms with van der Waals surface area (Å²) < 4.78 is 0. The Labute approximate surface area is 259 Å². The number of piperidine rings is 3. The number of likely N-dealkylation sites (tertiary alicyclic amines) is 3. The van der Waals surface area contributed by atoms with Gasteiger partial charge in [-0.3, -0.25) is 4.79 Å². The molecule has 1 atom stereocenters. The van der Waals surface area contributed by atoms with Gasteiger partial charge in [-0.1, -0.05) is 48.4 Å². The summed E-state index contributed by atoms with van der Waals surface area (Å²) in [6, 6.07) is 15.0. The first-order valence-corrected chi connectivity index (χ1v) is 16.3. The van der Waals surface area contributed by atoms with Gasteiger partial charge >= 0.3 is 12.1 Å². The molecule has 0 spiro atoms. The molecule has 4 aliphatic rings. The maximum absolute atomic E-state index is 13.9. The molecule has 10 heteroatoms. The lowest BCUT2D eigenvalue weighted by molar-refractivity contribution is -0.134. The third-order valence-corrected chi connectivity index (χ3v) is 9.90. The van der Waals surface area contributed by atoms with Crippen molar-refractivity contribution in [3.05, 3.63) is 64.7 Å². The molecule has 9 nitrogen and oxygen atoms in total. The molecule has 0 bridgehead atoms. The Morgan fingerprint density at radius 1 is 0.860 bits per heavy atom. The number of nitrogens with zero attached hydrogens (tertiary/aromatic N) is 4. The van der Waals surface area contributed by atoms with Crippen molar-refractivity contribution in [1.82, 2.24) is 24.9 Å². The van der Waals surface area contributed by atoms with Crippen LogP contribution in [0.4, 0.5) is 15.3 Å². The van der Waals surface area contributed by atoms with Crippen molar-refractivity contribution in [2.75, 3.05) is 44.6 Å². The number of amides is 5. The minimum atomic E-state index is -0.667. The van der Waals surface area contributed by atoms with Crippen LogP contribution in [0.25, 0.3) is 0 Å². The number of fused-ring (bicyclic) bond motifs is 1. The molecule has 0 saturated carbocycles. The number of carbonyl (C=O) groups is 3. The van der Waals surface area contributed by atoms with Gasteiger partial charge in [-0.25, -0.2) is 9.59 Å². The Balaban J connectivity index is 1.07. The van der Waals surface area contributed by atoms with Gasteiger partial charge in [0.15, 0.2) is 0 Å². The van der Waals surface area contributed by atoms with E-state index in [0.717, 1.165) is 29.7 Å². The zero-order valence-corrected chi connectivity index (χ0v) is 25.6. The molecule has 230 valence electrons. The average Bonchev–Trinajstić information content (AvgIpc) is 3.04. The van der Waals surface area contributed by atoms with E-state index in [-0.39, 0.29) is 24.0 Å². The van der Waals surface area contributed by atoms with Crippen molar-refractivity contribution in [2.45, 2.75) is 76.0 Å². The molecule has 0 aromatic heterocycles. The highest BCUT2D eigenvalue weighted by Gasteiger charge is 2.35. The lowest BCUT2D eigenvalue weighted by Gasteiger charge is -2.42. The van der Waals surface area contributed by atoms with Crippen molar-refractivity contribution in [2.24, 2.45) is 0 Å². The fraction of sp³-hybridized carbons (Fsp3) is 0.545. The molecule has 2 N–H and O–H groups in total. The molecule has 4 aliphatic heterocycles. The van der Waals surface area contributed by atoms with Gasteiger partial charge in [0.1, 0.15) is 6.04 Å². The monoisotopic (exact) mass is 606 g/mol. The summed E-state index contributed by atoms with van der Waals surface area (Å²) in [7, 11) is 0. The van der Waals surface area contributed by atoms with Gasteiger partial charge in [0.2, 0.25) is 5.91 Å². The summed E-state index contributed by atoms with van der Waals surface area (Å²) in [6.45, 7) is 5.39. The highest BCUT2D eigenvalue weighted by molar-refractivity contribution is 6.30. The maximum atomic E-state index is 13.9. The van der Waals surface area contributed by atoms with Crippen molar-refractivity contribution in [3.8, 4) is 0 Å². The van der Waals surface area contributed by atoms with E-state index in [9.17, 15) is 14.4 Å². The number of nitrogens with one attached hydrogen (secondary N) is 2. The van der Waals surface area contributed by atoms with Gasteiger partial charge in [0.05, 0.1) is 0 Å². The highest BCUT2D eigenvalue weighted by Crippen LogP contribution is 2.28. The summed E-state index contributed by atoms with van der Waals surface area (Å²) in [4.78, 5) is 48.5. The minimum absolute atomic E-state index is 0.0241. The molecule has 3 fully saturated rings. The molecule has 2 aromatic rings. The molecule has 4 heterocycles. The molecule has 1 unspecified atom stereocenters. The van der Waals surface area contributed by atoms with E-state index in [1.54, 1.807) is 4.90 Å². The number of urea groups is 2. The van der Waals surface area contributed by atoms with Crippen LogP contribution < -0.4 is 10.6 Å². The fourth-order valence-corrected chi connectivity index (χ4v) is 7.41. The molecule has 43 heavy (non-hydrogen) atoms. The Morgan fingerprint density at radius 3 is 2.30 bits per heavy atom. The molecule has 0 radical (unpaired) electrons. The zero-order valence-electron chi connectivity index (χ0n) is 24.8. The number of benzene rings is 2. The van der Waals surface area contributed by atoms with Crippen LogP contribution in [-0.2, 0) is 17.8 Å². The summed E-state index contributed by atoms with van der Waals surface area (Å²) in [6.07, 6.45) is 7.59. The SMILES string of the molecule is O=C(NC(Cc1cccc(Cl)c1)C(=O)N1CCC(N2CCCCC2)CC1)N1CCC(N2Cc3ccccc3NC2=O)CC1. The Hall–Kier alpha value is -3.30. The first-order chi connectivity index (χ1) is 20.9. The second-order valence-electron chi connectivity index (χ2n) is 12.4. The van der Waals surface area contributed by atoms with Crippen LogP contribution >= 0.6 is 11.6 Å². The Kier molecular flexibility index (Phi) is 9.38. The predicted octanol–water partition coefficient (Wildman–Crippen LogP) is 4.95. The first kappa shape index (κ1) is 29.8. The zero-order chi connectivity index (χ0) is 29.8. The molecule has 3 saturated heterocycles. The van der Waals surface area contributed by atoms with Crippen LogP contribution in [0, 0.1) is 0 Å². The van der Waals surface area contributed by atoms with Crippen molar-refractivity contribution >= 4 is 35.3 Å². The summed E-state index contributed by atoms with van der Waals surface area (Å²) in [5.41, 5.74) is 2.89. The maximum Gasteiger partial charge on any atom is 0.322 e. The average molecular weight is 607 g/mol. The predicted molar refractivity (Wildman–Crippen MR) is 168 cm³/mol. The van der Waals surface area contributed by atoms with Crippen LogP contribution in [0.3, 0.4) is 0 Å². The molecule has 6 rings (SSSR count). The van der Waals surface area contributed by atoms with Crippen molar-refractivity contribution in [1.29, 1.82) is 0 Å². The number of halogens is 1. The third kappa shape index (κ3) is 7.10. The molecule has 2 aromatic carbocycles. The van der Waals surface area contributed by atoms with Gasteiger partial charge in [-0.2, -0.15) is 0 Å². The lowest BCUT2D eigenvalue weighted by Crippen LogP contribution is -2.57. The first-order valence-electron chi connectivity index (χ1n) is 15.9. The summed E-state index contributed by atoms with van der Waals surface area (Å²) in [5.74, 6) is -0.0241. The van der Waals surface area contributed by atoms with E-state index in [4.69, 9.17) is 11.6 Å². The number of hydrogen-bond acceptors (Lipinski definition) is 4. The van der Waals surface area contributed by atoms with Crippen LogP contribution in [0.15, 0.2) is 48.5 Å². The van der Waals surface area contributed by atoms with Crippen LogP contribution in [0.2, 0.25) is 5.02 Å². The van der Waals surface area contributed by atoms with Crippen LogP contribution in [-0.4, -0.2) is 95.0 Å². The van der Waals surface area contributed by atoms with E-state index >= 15 is 0 Å². The molecule has 5 amide bonds. The topological polar surface area (TPSA) is 88.2 Å². The van der Waals surface area contributed by atoms with Gasteiger partial charge < -0.3 is 30.2 Å². The molecule has 0 aliphatic carbocycles. The number of hydrogen-bond donors (Lipinski definition) is 2. The van der Waals surface area contributed by atoms with Gasteiger partial charge in [0.25, 0.3) is 0 Å². The van der Waals surface area contributed by atoms with Gasteiger partial charge in [-0.15, -0.1) is 0 Å². The van der Waals surface area contributed by atoms with Crippen molar-refractivity contribution in [3.63, 3.8) is 0 Å². The van der Waals surface area contributed by atoms with E-state index in [2.05, 4.69) is 15.5 Å². The van der Waals surface area contributed by atoms with E-state index < -0.39 is 6.04 Å². The lowest BCUT2D eigenvalue weighted by atomic mass is 9.98. The van der Waals surface area contributed by atoms with Crippen LogP contribution in [0.5, 0.6) is 0 Å². The second kappa shape index (κ2) is 13.6. The molecular formula is C33H43ClN6O3. The Morgan fingerprint density at radius 2 is 1.56 bits per heavy atom. The number of para-hydroxylation sites is 1. The normalized spacial score (nSPS) is 21.2. The van der Waals surface area contributed by atoms with E-state index in [1.165, 1.54) is 32.4 Å². The number of anilines is 1. The standard InChI is InChI=1S/C33H43ClN6O3/c34-26-9-6-7-24(21-26)22-30(31(41)38-17-11-27(12-18-38)37-15-4-1-5-16-37)36-32(42)39-19-13-28(14-20-39)40-23-25-8-2-3-10-29(25)35-33(40)43/h2-3,6-10,21,27-28,30H,1,4-5,11-20,22-23H2,(H,35,43)(H,36,42). The fourth-order valence-electron chi connectivity index (χ4n) is 7.19. The summed E-state index contributed by atoms with van der Waals surface area (Å²) in [5, 5.41) is 6.71. The number of carbonyl (C=O) groups excluding carboxylic acids is 3. The van der Waals surface area contributed by atoms with E-state index in [1.807, 2.05) is 58.3 Å². The van der Waals surface area contributed by atoms with Gasteiger partial charge in [-0.05, 0) is 80.9 Å². The quantitative estimate of drug-likeness (QED) is 0.487. The van der Waals surface area contributed by atoms with Gasteiger partial charge in [0, 0.05) is 61.9 Å². The van der Waals surface area contributed by atoms with Crippen LogP contribution in [0.1, 0.15) is 56.1 Å². The second-order valence-corrected chi connectivity index (χ2v) is 12.9. The third-order valence-electron chi connectivity index (χ3n) is 9.66. The largest absolute Gasteiger partial charge is 0.341 e. The molecular weight excluding hydrogens is 564 g/mol. The van der Waals surface area contributed by atoms with E-state index in [0.29, 0.717) is 63.1 Å². The highest BCUT2D eigenvalue weighted by atomic mass is 35.5. The smallest absolute Gasteiger partial charge is 0.322 e. The Bertz CT molecular complexity index is 1300. The number of rotatable bonds is 6. The van der Waals surface area contributed by atoms with Crippen molar-refractivity contribution < 1.29 is 14.4 Å². The summed E-state index contributed by atoms with van der Waals surface area (Å²) >= 11 is 6.26. The minimum Gasteiger partial charge on any atom is -0.341 e.